The van der Waals surface area contributed by atoms with E-state index in [9.17, 15) is 5.11 Å². The molecule has 0 bridgehead atoms. The number of fused-ring (bicyclic) bond motifs is 1. The molecule has 4 heteroatoms. The first kappa shape index (κ1) is 13.4. The molecule has 0 amide bonds. The lowest BCUT2D eigenvalue weighted by atomic mass is 9.71. The van der Waals surface area contributed by atoms with E-state index in [0.717, 1.165) is 12.0 Å². The Labute approximate surface area is 123 Å². The maximum Gasteiger partial charge on any atom is 0.129 e. The molecule has 1 aromatic heterocycles. The summed E-state index contributed by atoms with van der Waals surface area (Å²) >= 11 is 6.02. The molecule has 3 rings (SSSR count). The molecule has 3 nitrogen and oxygen atoms in total. The van der Waals surface area contributed by atoms with E-state index in [4.69, 9.17) is 17.3 Å². The van der Waals surface area contributed by atoms with E-state index in [-0.39, 0.29) is 0 Å². The maximum absolute atomic E-state index is 11.2. The van der Waals surface area contributed by atoms with E-state index in [1.54, 1.807) is 6.07 Å². The van der Waals surface area contributed by atoms with Gasteiger partial charge in [-0.05, 0) is 36.0 Å². The molecule has 2 unspecified atom stereocenters. The third-order valence-electron chi connectivity index (χ3n) is 4.21. The maximum atomic E-state index is 11.2. The van der Waals surface area contributed by atoms with Crippen LogP contribution in [-0.4, -0.2) is 10.1 Å². The van der Waals surface area contributed by atoms with E-state index in [0.29, 0.717) is 28.7 Å². The minimum atomic E-state index is -1.11. The van der Waals surface area contributed by atoms with Crippen molar-refractivity contribution < 1.29 is 5.11 Å². The molecule has 1 aliphatic rings. The molecule has 0 aliphatic heterocycles. The summed E-state index contributed by atoms with van der Waals surface area (Å²) in [6, 6.07) is 9.69. The monoisotopic (exact) mass is 288 g/mol. The van der Waals surface area contributed by atoms with Crippen LogP contribution in [0.3, 0.4) is 0 Å². The molecule has 20 heavy (non-hydrogen) atoms. The first-order valence-corrected chi connectivity index (χ1v) is 7.13. The summed E-state index contributed by atoms with van der Waals surface area (Å²) in [4.78, 5) is 4.08. The number of pyridine rings is 1. The van der Waals surface area contributed by atoms with Crippen molar-refractivity contribution in [3.63, 3.8) is 0 Å². The average Bonchev–Trinajstić information content (AvgIpc) is 2.46. The summed E-state index contributed by atoms with van der Waals surface area (Å²) in [5.41, 5.74) is 7.54. The fourth-order valence-corrected chi connectivity index (χ4v) is 3.24. The Balaban J connectivity index is 2.22. The van der Waals surface area contributed by atoms with Gasteiger partial charge >= 0.3 is 0 Å². The number of nitrogens with two attached hydrogens (primary N) is 1. The van der Waals surface area contributed by atoms with E-state index >= 15 is 0 Å². The number of hydrogen-bond acceptors (Lipinski definition) is 3. The molecule has 2 atom stereocenters. The van der Waals surface area contributed by atoms with Crippen molar-refractivity contribution in [2.75, 3.05) is 5.73 Å². The second-order valence-corrected chi connectivity index (χ2v) is 5.91. The van der Waals surface area contributed by atoms with Gasteiger partial charge in [0, 0.05) is 11.8 Å². The van der Waals surface area contributed by atoms with Crippen molar-refractivity contribution in [1.82, 2.24) is 4.98 Å². The highest BCUT2D eigenvalue weighted by Crippen LogP contribution is 2.46. The number of rotatable bonds is 1. The summed E-state index contributed by atoms with van der Waals surface area (Å²) in [7, 11) is 0. The van der Waals surface area contributed by atoms with Crippen LogP contribution < -0.4 is 5.73 Å². The highest BCUT2D eigenvalue weighted by Gasteiger charge is 2.39. The van der Waals surface area contributed by atoms with Gasteiger partial charge in [-0.3, -0.25) is 0 Å². The van der Waals surface area contributed by atoms with Crippen molar-refractivity contribution >= 4 is 17.4 Å². The Bertz CT molecular complexity index is 659. The molecule has 1 heterocycles. The van der Waals surface area contributed by atoms with Gasteiger partial charge in [-0.15, -0.1) is 0 Å². The minimum Gasteiger partial charge on any atom is -0.383 e. The number of anilines is 1. The zero-order chi connectivity index (χ0) is 14.3. The van der Waals surface area contributed by atoms with Gasteiger partial charge in [0.2, 0.25) is 0 Å². The Hall–Kier alpha value is -1.58. The van der Waals surface area contributed by atoms with Crippen LogP contribution in [0.15, 0.2) is 36.5 Å². The first-order valence-electron chi connectivity index (χ1n) is 6.75. The van der Waals surface area contributed by atoms with Crippen LogP contribution in [0.4, 0.5) is 5.82 Å². The lowest BCUT2D eigenvalue weighted by molar-refractivity contribution is 0.0584. The zero-order valence-corrected chi connectivity index (χ0v) is 12.1. The van der Waals surface area contributed by atoms with E-state index in [2.05, 4.69) is 18.0 Å². The number of nitrogen functional groups attached to an aromatic ring is 1. The summed E-state index contributed by atoms with van der Waals surface area (Å²) in [5.74, 6) is 0.765. The highest BCUT2D eigenvalue weighted by atomic mass is 35.5. The van der Waals surface area contributed by atoms with E-state index in [1.807, 2.05) is 18.2 Å². The molecule has 0 radical (unpaired) electrons. The van der Waals surface area contributed by atoms with Crippen LogP contribution in [0, 0.1) is 0 Å². The molecular weight excluding hydrogens is 272 g/mol. The lowest BCUT2D eigenvalue weighted by Gasteiger charge is -2.38. The van der Waals surface area contributed by atoms with Crippen LogP contribution >= 0.6 is 11.6 Å². The molecule has 1 aliphatic carbocycles. The van der Waals surface area contributed by atoms with Gasteiger partial charge in [-0.2, -0.15) is 0 Å². The van der Waals surface area contributed by atoms with Gasteiger partial charge in [0.15, 0.2) is 0 Å². The van der Waals surface area contributed by atoms with Crippen molar-refractivity contribution in [2.24, 2.45) is 0 Å². The molecular formula is C16H17ClN2O. The second kappa shape index (κ2) is 4.76. The van der Waals surface area contributed by atoms with Crippen molar-refractivity contribution in [1.29, 1.82) is 0 Å². The molecule has 104 valence electrons. The number of aliphatic hydroxyl groups is 1. The predicted octanol–water partition coefficient (Wildman–Crippen LogP) is 3.45. The Morgan fingerprint density at radius 1 is 1.35 bits per heavy atom. The van der Waals surface area contributed by atoms with Crippen LogP contribution in [0.25, 0.3) is 0 Å². The number of aromatic nitrogens is 1. The largest absolute Gasteiger partial charge is 0.383 e. The van der Waals surface area contributed by atoms with Crippen LogP contribution in [-0.2, 0) is 5.60 Å². The van der Waals surface area contributed by atoms with Gasteiger partial charge in [-0.25, -0.2) is 4.98 Å². The number of hydrogen-bond donors (Lipinski definition) is 2. The molecule has 2 aromatic rings. The molecule has 0 saturated heterocycles. The summed E-state index contributed by atoms with van der Waals surface area (Å²) < 4.78 is 0. The van der Waals surface area contributed by atoms with Gasteiger partial charge < -0.3 is 10.8 Å². The number of nitrogens with zero attached hydrogens (tertiary/aromatic N) is 1. The van der Waals surface area contributed by atoms with Crippen molar-refractivity contribution in [3.05, 3.63) is 58.2 Å². The molecule has 3 N–H and O–H groups in total. The van der Waals surface area contributed by atoms with E-state index in [1.165, 1.54) is 11.8 Å². The third kappa shape index (κ3) is 1.98. The first-order chi connectivity index (χ1) is 9.52. The van der Waals surface area contributed by atoms with Crippen LogP contribution in [0.1, 0.15) is 42.4 Å². The number of halogens is 1. The Kier molecular flexibility index (Phi) is 3.19. The van der Waals surface area contributed by atoms with Gasteiger partial charge in [-0.1, -0.05) is 42.8 Å². The fraction of sp³-hybridized carbons (Fsp3) is 0.312. The quantitative estimate of drug-likeness (QED) is 0.845. The van der Waals surface area contributed by atoms with Crippen LogP contribution in [0.2, 0.25) is 5.02 Å². The molecule has 1 aromatic carbocycles. The average molecular weight is 289 g/mol. The second-order valence-electron chi connectivity index (χ2n) is 5.47. The van der Waals surface area contributed by atoms with E-state index < -0.39 is 5.60 Å². The van der Waals surface area contributed by atoms with Gasteiger partial charge in [0.05, 0.1) is 5.02 Å². The normalized spacial score (nSPS) is 25.2. The highest BCUT2D eigenvalue weighted by molar-refractivity contribution is 6.30. The number of benzene rings is 1. The standard InChI is InChI=1S/C16H17ClN2O/c1-10-6-7-16(20,13-5-3-2-4-12(10)13)14-8-11(17)9-19-15(14)18/h2-5,8-10,20H,6-7H2,1H3,(H2,18,19). The van der Waals surface area contributed by atoms with Gasteiger partial charge in [0.25, 0.3) is 0 Å². The topological polar surface area (TPSA) is 59.1 Å². The summed E-state index contributed by atoms with van der Waals surface area (Å²) in [6.07, 6.45) is 3.03. The van der Waals surface area contributed by atoms with Crippen LogP contribution in [0.5, 0.6) is 0 Å². The molecule has 0 fully saturated rings. The zero-order valence-electron chi connectivity index (χ0n) is 11.3. The molecule has 0 spiro atoms. The van der Waals surface area contributed by atoms with Gasteiger partial charge in [0.1, 0.15) is 11.4 Å². The molecule has 0 saturated carbocycles. The minimum absolute atomic E-state index is 0.334. The lowest BCUT2D eigenvalue weighted by Crippen LogP contribution is -2.34. The Morgan fingerprint density at radius 2 is 2.10 bits per heavy atom. The fourth-order valence-electron chi connectivity index (χ4n) is 3.08. The smallest absolute Gasteiger partial charge is 0.129 e. The predicted molar refractivity (Wildman–Crippen MR) is 80.7 cm³/mol. The van der Waals surface area contributed by atoms with Crippen molar-refractivity contribution in [3.8, 4) is 0 Å². The van der Waals surface area contributed by atoms with Crippen molar-refractivity contribution in [2.45, 2.75) is 31.3 Å². The summed E-state index contributed by atoms with van der Waals surface area (Å²) in [6.45, 7) is 2.18. The summed E-state index contributed by atoms with van der Waals surface area (Å²) in [5, 5.41) is 11.7. The third-order valence-corrected chi connectivity index (χ3v) is 4.41. The SMILES string of the molecule is CC1CCC(O)(c2cc(Cl)cnc2N)c2ccccc21. The Morgan fingerprint density at radius 3 is 2.90 bits per heavy atom.